The first kappa shape index (κ1) is 19.3. The molecule has 0 saturated carbocycles. The third-order valence-electron chi connectivity index (χ3n) is 5.62. The zero-order valence-electron chi connectivity index (χ0n) is 17.0. The molecule has 4 rings (SSSR count). The molecule has 148 valence electrons. The maximum Gasteiger partial charge on any atom is 0.125 e. The van der Waals surface area contributed by atoms with E-state index in [-0.39, 0.29) is 0 Å². The maximum atomic E-state index is 8.97. The van der Waals surface area contributed by atoms with Crippen molar-refractivity contribution in [1.29, 1.82) is 5.26 Å². The number of rotatable bonds is 7. The third-order valence-corrected chi connectivity index (χ3v) is 5.62. The van der Waals surface area contributed by atoms with Crippen LogP contribution in [0.15, 0.2) is 48.7 Å². The number of nitrogens with zero attached hydrogens (tertiary/aromatic N) is 3. The van der Waals surface area contributed by atoms with Crippen LogP contribution in [0.3, 0.4) is 0 Å². The molecule has 0 aliphatic carbocycles. The number of benzene rings is 2. The Labute approximate surface area is 172 Å². The van der Waals surface area contributed by atoms with Crippen molar-refractivity contribution >= 4 is 16.6 Å². The number of aromatic nitrogens is 1. The van der Waals surface area contributed by atoms with Crippen molar-refractivity contribution in [2.75, 3.05) is 18.0 Å². The lowest BCUT2D eigenvalue weighted by molar-refractivity contribution is 0.303. The fourth-order valence-electron chi connectivity index (χ4n) is 3.97. The molecule has 0 bridgehead atoms. The summed E-state index contributed by atoms with van der Waals surface area (Å²) in [5.74, 6) is 0.918. The monoisotopic (exact) mass is 385 g/mol. The Morgan fingerprint density at radius 1 is 1.10 bits per heavy atom. The first-order valence-electron chi connectivity index (χ1n) is 10.6. The minimum Gasteiger partial charge on any atom is -0.489 e. The largest absolute Gasteiger partial charge is 0.489 e. The molecule has 1 saturated heterocycles. The molecule has 1 aliphatic heterocycles. The first-order chi connectivity index (χ1) is 14.3. The fourth-order valence-corrected chi connectivity index (χ4v) is 3.97. The fraction of sp³-hybridized carbons (Fsp3) is 0.360. The molecule has 29 heavy (non-hydrogen) atoms. The molecule has 4 nitrogen and oxygen atoms in total. The van der Waals surface area contributed by atoms with Crippen LogP contribution in [0.4, 0.5) is 5.69 Å². The van der Waals surface area contributed by atoms with Gasteiger partial charge >= 0.3 is 0 Å². The lowest BCUT2D eigenvalue weighted by Crippen LogP contribution is -2.18. The Bertz CT molecular complexity index is 1010. The van der Waals surface area contributed by atoms with Crippen molar-refractivity contribution in [2.24, 2.45) is 0 Å². The molecule has 0 amide bonds. The SMILES string of the molecule is CCCCc1cc2c(N3CCCC3)ccnc2cc1OCc1ccc(C#N)cc1. The molecule has 2 aromatic carbocycles. The van der Waals surface area contributed by atoms with Gasteiger partial charge in [0, 0.05) is 36.4 Å². The highest BCUT2D eigenvalue weighted by atomic mass is 16.5. The lowest BCUT2D eigenvalue weighted by Gasteiger charge is -2.21. The number of ether oxygens (including phenoxy) is 1. The predicted octanol–water partition coefficient (Wildman–Crippen LogP) is 5.63. The molecule has 0 spiro atoms. The van der Waals surface area contributed by atoms with Gasteiger partial charge in [0.05, 0.1) is 17.1 Å². The van der Waals surface area contributed by atoms with Crippen molar-refractivity contribution in [2.45, 2.75) is 45.6 Å². The molecule has 2 heterocycles. The first-order valence-corrected chi connectivity index (χ1v) is 10.6. The zero-order valence-corrected chi connectivity index (χ0v) is 17.0. The van der Waals surface area contributed by atoms with E-state index in [1.807, 2.05) is 30.5 Å². The van der Waals surface area contributed by atoms with E-state index in [0.29, 0.717) is 12.2 Å². The molecule has 1 aliphatic rings. The highest BCUT2D eigenvalue weighted by Gasteiger charge is 2.17. The average molecular weight is 386 g/mol. The van der Waals surface area contributed by atoms with Crippen LogP contribution in [0.5, 0.6) is 5.75 Å². The average Bonchev–Trinajstić information content (AvgIpc) is 3.30. The molecule has 0 radical (unpaired) electrons. The summed E-state index contributed by atoms with van der Waals surface area (Å²) in [5.41, 5.74) is 5.26. The zero-order chi connectivity index (χ0) is 20.1. The second-order valence-electron chi connectivity index (χ2n) is 7.70. The van der Waals surface area contributed by atoms with Crippen LogP contribution in [0, 0.1) is 11.3 Å². The van der Waals surface area contributed by atoms with E-state index in [2.05, 4.69) is 41.1 Å². The molecular formula is C25H27N3O. The van der Waals surface area contributed by atoms with Crippen LogP contribution in [0.1, 0.15) is 49.3 Å². The van der Waals surface area contributed by atoms with Gasteiger partial charge < -0.3 is 9.64 Å². The minimum atomic E-state index is 0.488. The highest BCUT2D eigenvalue weighted by molar-refractivity contribution is 5.93. The molecule has 0 N–H and O–H groups in total. The van der Waals surface area contributed by atoms with E-state index in [9.17, 15) is 0 Å². The second-order valence-corrected chi connectivity index (χ2v) is 7.70. The maximum absolute atomic E-state index is 8.97. The van der Waals surface area contributed by atoms with Crippen LogP contribution in [-0.4, -0.2) is 18.1 Å². The highest BCUT2D eigenvalue weighted by Crippen LogP contribution is 2.34. The van der Waals surface area contributed by atoms with Crippen LogP contribution < -0.4 is 9.64 Å². The number of aryl methyl sites for hydroxylation is 1. The topological polar surface area (TPSA) is 49.2 Å². The van der Waals surface area contributed by atoms with Gasteiger partial charge in [0.2, 0.25) is 0 Å². The van der Waals surface area contributed by atoms with E-state index < -0.39 is 0 Å². The van der Waals surface area contributed by atoms with Crippen molar-refractivity contribution in [3.63, 3.8) is 0 Å². The number of nitriles is 1. The Hall–Kier alpha value is -3.06. The summed E-state index contributed by atoms with van der Waals surface area (Å²) in [6, 6.07) is 16.3. The summed E-state index contributed by atoms with van der Waals surface area (Å²) >= 11 is 0. The third kappa shape index (κ3) is 4.35. The van der Waals surface area contributed by atoms with Gasteiger partial charge in [-0.05, 0) is 61.1 Å². The van der Waals surface area contributed by atoms with E-state index in [1.165, 1.54) is 29.5 Å². The van der Waals surface area contributed by atoms with Gasteiger partial charge in [-0.25, -0.2) is 0 Å². The molecule has 4 heteroatoms. The smallest absolute Gasteiger partial charge is 0.125 e. The Morgan fingerprint density at radius 2 is 1.90 bits per heavy atom. The van der Waals surface area contributed by atoms with E-state index >= 15 is 0 Å². The molecule has 1 fully saturated rings. The van der Waals surface area contributed by atoms with Crippen molar-refractivity contribution in [3.05, 3.63) is 65.4 Å². The number of hydrogen-bond acceptors (Lipinski definition) is 4. The Morgan fingerprint density at radius 3 is 2.62 bits per heavy atom. The number of pyridine rings is 1. The van der Waals surface area contributed by atoms with E-state index in [0.717, 1.165) is 49.2 Å². The van der Waals surface area contributed by atoms with Gasteiger partial charge in [-0.1, -0.05) is 25.5 Å². The lowest BCUT2D eigenvalue weighted by atomic mass is 10.0. The molecule has 1 aromatic heterocycles. The van der Waals surface area contributed by atoms with Crippen molar-refractivity contribution < 1.29 is 4.74 Å². The second kappa shape index (κ2) is 8.96. The standard InChI is InChI=1S/C25H27N3O/c1-2-3-6-21-15-22-23(27-12-11-24(22)28-13-4-5-14-28)16-25(21)29-18-20-9-7-19(17-26)8-10-20/h7-12,15-16H,2-6,13-14,18H2,1H3. The molecular weight excluding hydrogens is 358 g/mol. The van der Waals surface area contributed by atoms with Gasteiger partial charge in [-0.3, -0.25) is 4.98 Å². The summed E-state index contributed by atoms with van der Waals surface area (Å²) in [7, 11) is 0. The molecule has 0 atom stereocenters. The van der Waals surface area contributed by atoms with Gasteiger partial charge in [0.1, 0.15) is 12.4 Å². The number of anilines is 1. The van der Waals surface area contributed by atoms with Crippen LogP contribution in [-0.2, 0) is 13.0 Å². The van der Waals surface area contributed by atoms with Gasteiger partial charge in [-0.2, -0.15) is 5.26 Å². The van der Waals surface area contributed by atoms with Crippen LogP contribution in [0.2, 0.25) is 0 Å². The quantitative estimate of drug-likeness (QED) is 0.529. The van der Waals surface area contributed by atoms with Crippen molar-refractivity contribution in [1.82, 2.24) is 4.98 Å². The molecule has 3 aromatic rings. The van der Waals surface area contributed by atoms with Gasteiger partial charge in [0.15, 0.2) is 0 Å². The van der Waals surface area contributed by atoms with Gasteiger partial charge in [-0.15, -0.1) is 0 Å². The van der Waals surface area contributed by atoms with Crippen molar-refractivity contribution in [3.8, 4) is 11.8 Å². The predicted molar refractivity (Wildman–Crippen MR) is 117 cm³/mol. The van der Waals surface area contributed by atoms with E-state index in [1.54, 1.807) is 0 Å². The summed E-state index contributed by atoms with van der Waals surface area (Å²) in [6.07, 6.45) is 7.73. The normalized spacial score (nSPS) is 13.6. The number of unbranched alkanes of at least 4 members (excludes halogenated alkanes) is 1. The van der Waals surface area contributed by atoms with Gasteiger partial charge in [0.25, 0.3) is 0 Å². The van der Waals surface area contributed by atoms with E-state index in [4.69, 9.17) is 10.00 Å². The van der Waals surface area contributed by atoms with Crippen LogP contribution in [0.25, 0.3) is 10.9 Å². The summed E-state index contributed by atoms with van der Waals surface area (Å²) in [4.78, 5) is 7.11. The number of hydrogen-bond donors (Lipinski definition) is 0. The number of fused-ring (bicyclic) bond motifs is 1. The van der Waals surface area contributed by atoms with Crippen LogP contribution >= 0.6 is 0 Å². The minimum absolute atomic E-state index is 0.488. The summed E-state index contributed by atoms with van der Waals surface area (Å²) in [6.45, 7) is 4.96. The Kier molecular flexibility index (Phi) is 5.95. The Balaban J connectivity index is 1.65. The molecule has 0 unspecified atom stereocenters. The summed E-state index contributed by atoms with van der Waals surface area (Å²) < 4.78 is 6.23. The summed E-state index contributed by atoms with van der Waals surface area (Å²) in [5, 5.41) is 10.2.